The van der Waals surface area contributed by atoms with Crippen LogP contribution in [0.25, 0.3) is 0 Å². The number of ether oxygens (including phenoxy) is 1. The van der Waals surface area contributed by atoms with Gasteiger partial charge in [-0.25, -0.2) is 8.78 Å². The second-order valence-corrected chi connectivity index (χ2v) is 8.57. The molecule has 0 N–H and O–H groups in total. The van der Waals surface area contributed by atoms with Crippen LogP contribution in [0.15, 0.2) is 71.7 Å². The lowest BCUT2D eigenvalue weighted by Crippen LogP contribution is -2.44. The second-order valence-electron chi connectivity index (χ2n) is 8.57. The maximum atomic E-state index is 14.2. The molecule has 1 fully saturated rings. The number of rotatable bonds is 3. The average molecular weight is 462 g/mol. The Morgan fingerprint density at radius 3 is 2.32 bits per heavy atom. The van der Waals surface area contributed by atoms with E-state index in [0.29, 0.717) is 47.8 Å². The molecular formula is C27H25F2N3O2. The van der Waals surface area contributed by atoms with Crippen LogP contribution < -0.4 is 9.80 Å². The molecule has 0 aromatic heterocycles. The number of carbonyl (C=O) groups excluding carboxylic acids is 1. The number of amides is 1. The number of fused-ring (bicyclic) bond motifs is 1. The highest BCUT2D eigenvalue weighted by atomic mass is 19.1. The van der Waals surface area contributed by atoms with Crippen LogP contribution in [0.3, 0.4) is 0 Å². The molecule has 1 atom stereocenters. The number of nitrogens with zero attached hydrogens (tertiary/aromatic N) is 3. The molecule has 2 aliphatic rings. The number of aliphatic imine (C=N–C) groups is 1. The summed E-state index contributed by atoms with van der Waals surface area (Å²) in [5.74, 6) is -0.888. The Labute approximate surface area is 197 Å². The van der Waals surface area contributed by atoms with Gasteiger partial charge < -0.3 is 14.5 Å². The zero-order chi connectivity index (χ0) is 23.7. The van der Waals surface area contributed by atoms with E-state index < -0.39 is 5.82 Å². The van der Waals surface area contributed by atoms with Crippen molar-refractivity contribution in [2.45, 2.75) is 19.4 Å². The predicted octanol–water partition coefficient (Wildman–Crippen LogP) is 5.36. The van der Waals surface area contributed by atoms with E-state index in [1.807, 2.05) is 31.2 Å². The number of benzene rings is 3. The Kier molecular flexibility index (Phi) is 6.11. The third-order valence-electron chi connectivity index (χ3n) is 6.26. The van der Waals surface area contributed by atoms with Crippen LogP contribution >= 0.6 is 0 Å². The number of carbonyl (C=O) groups is 1. The number of hydrogen-bond donors (Lipinski definition) is 0. The van der Waals surface area contributed by atoms with Gasteiger partial charge in [0.15, 0.2) is 0 Å². The predicted molar refractivity (Wildman–Crippen MR) is 129 cm³/mol. The van der Waals surface area contributed by atoms with Gasteiger partial charge in [-0.05, 0) is 73.7 Å². The van der Waals surface area contributed by atoms with Crippen molar-refractivity contribution in [3.05, 3.63) is 89.5 Å². The SMILES string of the molecule is CC1CC(=Nc2ccc(F)cc2)c2cc(F)ccc2N1C(=O)c1ccc(N2CCOCC2)cc1. The maximum Gasteiger partial charge on any atom is 0.258 e. The lowest BCUT2D eigenvalue weighted by atomic mass is 9.93. The van der Waals surface area contributed by atoms with Gasteiger partial charge in [-0.2, -0.15) is 0 Å². The third-order valence-corrected chi connectivity index (χ3v) is 6.26. The number of hydrogen-bond acceptors (Lipinski definition) is 4. The molecular weight excluding hydrogens is 436 g/mol. The summed E-state index contributed by atoms with van der Waals surface area (Å²) >= 11 is 0. The summed E-state index contributed by atoms with van der Waals surface area (Å²) in [6.45, 7) is 4.99. The summed E-state index contributed by atoms with van der Waals surface area (Å²) in [6.07, 6.45) is 0.450. The van der Waals surface area contributed by atoms with Crippen molar-refractivity contribution < 1.29 is 18.3 Å². The van der Waals surface area contributed by atoms with Crippen molar-refractivity contribution >= 4 is 28.7 Å². The summed E-state index contributed by atoms with van der Waals surface area (Å²) in [6, 6.07) is 17.6. The fourth-order valence-corrected chi connectivity index (χ4v) is 4.53. The van der Waals surface area contributed by atoms with Crippen LogP contribution in [0.5, 0.6) is 0 Å². The Bertz CT molecular complexity index is 1220. The minimum Gasteiger partial charge on any atom is -0.378 e. The quantitative estimate of drug-likeness (QED) is 0.528. The van der Waals surface area contributed by atoms with Crippen LogP contribution in [0.1, 0.15) is 29.3 Å². The molecule has 174 valence electrons. The smallest absolute Gasteiger partial charge is 0.258 e. The highest BCUT2D eigenvalue weighted by Crippen LogP contribution is 2.34. The van der Waals surface area contributed by atoms with Gasteiger partial charge >= 0.3 is 0 Å². The summed E-state index contributed by atoms with van der Waals surface area (Å²) in [4.78, 5) is 22.2. The van der Waals surface area contributed by atoms with Gasteiger partial charge in [0.05, 0.1) is 30.3 Å². The molecule has 1 amide bonds. The van der Waals surface area contributed by atoms with Crippen LogP contribution in [0.4, 0.5) is 25.8 Å². The first-order valence-electron chi connectivity index (χ1n) is 11.4. The van der Waals surface area contributed by atoms with Gasteiger partial charge in [0.25, 0.3) is 5.91 Å². The molecule has 5 rings (SSSR count). The van der Waals surface area contributed by atoms with Crippen LogP contribution in [-0.4, -0.2) is 44.0 Å². The van der Waals surface area contributed by atoms with E-state index in [4.69, 9.17) is 4.74 Å². The van der Waals surface area contributed by atoms with E-state index >= 15 is 0 Å². The lowest BCUT2D eigenvalue weighted by molar-refractivity contribution is 0.0978. The highest BCUT2D eigenvalue weighted by Gasteiger charge is 2.32. The molecule has 2 aliphatic heterocycles. The number of anilines is 2. The van der Waals surface area contributed by atoms with Crippen molar-refractivity contribution in [3.8, 4) is 0 Å². The fourth-order valence-electron chi connectivity index (χ4n) is 4.53. The Hall–Kier alpha value is -3.58. The number of halogens is 2. The maximum absolute atomic E-state index is 14.2. The van der Waals surface area contributed by atoms with Crippen molar-refractivity contribution in [1.82, 2.24) is 0 Å². The molecule has 1 saturated heterocycles. The summed E-state index contributed by atoms with van der Waals surface area (Å²) < 4.78 is 32.9. The molecule has 7 heteroatoms. The molecule has 34 heavy (non-hydrogen) atoms. The van der Waals surface area contributed by atoms with Crippen molar-refractivity contribution in [3.63, 3.8) is 0 Å². The van der Waals surface area contributed by atoms with E-state index in [0.717, 1.165) is 18.8 Å². The van der Waals surface area contributed by atoms with E-state index in [1.165, 1.54) is 24.3 Å². The first-order valence-corrected chi connectivity index (χ1v) is 11.4. The largest absolute Gasteiger partial charge is 0.378 e. The normalized spacial score (nSPS) is 19.3. The van der Waals surface area contributed by atoms with Crippen molar-refractivity contribution in [2.75, 3.05) is 36.1 Å². The molecule has 3 aromatic rings. The van der Waals surface area contributed by atoms with Crippen LogP contribution in [-0.2, 0) is 4.74 Å². The molecule has 0 bridgehead atoms. The van der Waals surface area contributed by atoms with E-state index in [2.05, 4.69) is 9.89 Å². The van der Waals surface area contributed by atoms with Gasteiger partial charge in [0, 0.05) is 42.4 Å². The van der Waals surface area contributed by atoms with Gasteiger partial charge in [-0.15, -0.1) is 0 Å². The van der Waals surface area contributed by atoms with Gasteiger partial charge in [-0.1, -0.05) is 0 Å². The average Bonchev–Trinajstić information content (AvgIpc) is 2.86. The Morgan fingerprint density at radius 1 is 0.941 bits per heavy atom. The zero-order valence-corrected chi connectivity index (χ0v) is 18.9. The molecule has 0 radical (unpaired) electrons. The molecule has 3 aromatic carbocycles. The van der Waals surface area contributed by atoms with E-state index in [1.54, 1.807) is 23.1 Å². The van der Waals surface area contributed by atoms with Crippen molar-refractivity contribution in [2.24, 2.45) is 4.99 Å². The molecule has 2 heterocycles. The summed E-state index contributed by atoms with van der Waals surface area (Å²) in [7, 11) is 0. The van der Waals surface area contributed by atoms with E-state index in [9.17, 15) is 13.6 Å². The fraction of sp³-hybridized carbons (Fsp3) is 0.259. The lowest BCUT2D eigenvalue weighted by Gasteiger charge is -2.36. The second kappa shape index (κ2) is 9.35. The van der Waals surface area contributed by atoms with Crippen molar-refractivity contribution in [1.29, 1.82) is 0 Å². The summed E-state index contributed by atoms with van der Waals surface area (Å²) in [5.41, 5.74) is 4.06. The number of morpholine rings is 1. The highest BCUT2D eigenvalue weighted by molar-refractivity contribution is 6.16. The van der Waals surface area contributed by atoms with E-state index in [-0.39, 0.29) is 17.8 Å². The molecule has 5 nitrogen and oxygen atoms in total. The zero-order valence-electron chi connectivity index (χ0n) is 18.9. The molecule has 0 saturated carbocycles. The molecule has 0 spiro atoms. The van der Waals surface area contributed by atoms with Crippen LogP contribution in [0.2, 0.25) is 0 Å². The molecule has 1 unspecified atom stereocenters. The topological polar surface area (TPSA) is 45.1 Å². The summed E-state index contributed by atoms with van der Waals surface area (Å²) in [5, 5.41) is 0. The van der Waals surface area contributed by atoms with Gasteiger partial charge in [0.1, 0.15) is 11.6 Å². The first-order chi connectivity index (χ1) is 16.5. The van der Waals surface area contributed by atoms with Crippen LogP contribution in [0, 0.1) is 11.6 Å². The Balaban J connectivity index is 1.46. The third kappa shape index (κ3) is 4.43. The Morgan fingerprint density at radius 2 is 1.62 bits per heavy atom. The molecule has 0 aliphatic carbocycles. The first kappa shape index (κ1) is 22.2. The standard InChI is InChI=1S/C27H25F2N3O2/c1-18-16-25(30-22-7-4-20(28)5-8-22)24-17-21(29)6-11-26(24)32(18)27(33)19-2-9-23(10-3-19)31-12-14-34-15-13-31/h2-11,17-18H,12-16H2,1H3. The minimum atomic E-state index is -0.401. The monoisotopic (exact) mass is 461 g/mol. The van der Waals surface area contributed by atoms with Gasteiger partial charge in [-0.3, -0.25) is 9.79 Å². The van der Waals surface area contributed by atoms with Gasteiger partial charge in [0.2, 0.25) is 0 Å². The minimum absolute atomic E-state index is 0.144.